The number of amides is 2. The summed E-state index contributed by atoms with van der Waals surface area (Å²) >= 11 is 0. The zero-order valence-electron chi connectivity index (χ0n) is 16.2. The summed E-state index contributed by atoms with van der Waals surface area (Å²) in [5.74, 6) is 0.255. The van der Waals surface area contributed by atoms with Gasteiger partial charge in [-0.2, -0.15) is 0 Å². The van der Waals surface area contributed by atoms with E-state index in [1.54, 1.807) is 0 Å². The second-order valence-corrected chi connectivity index (χ2v) is 7.69. The van der Waals surface area contributed by atoms with E-state index in [9.17, 15) is 9.59 Å². The summed E-state index contributed by atoms with van der Waals surface area (Å²) in [5, 5.41) is 2.99. The van der Waals surface area contributed by atoms with Gasteiger partial charge in [-0.15, -0.1) is 0 Å². The van der Waals surface area contributed by atoms with Crippen LogP contribution in [-0.2, 0) is 29.0 Å². The highest BCUT2D eigenvalue weighted by atomic mass is 16.2. The zero-order chi connectivity index (χ0) is 19.2. The molecule has 3 rings (SSSR count). The summed E-state index contributed by atoms with van der Waals surface area (Å²) < 4.78 is 0. The van der Waals surface area contributed by atoms with Crippen molar-refractivity contribution in [2.75, 3.05) is 6.54 Å². The molecule has 0 saturated carbocycles. The molecule has 0 unspecified atom stereocenters. The van der Waals surface area contributed by atoms with Gasteiger partial charge in [0.1, 0.15) is 6.04 Å². The summed E-state index contributed by atoms with van der Waals surface area (Å²) in [5.41, 5.74) is 3.48. The van der Waals surface area contributed by atoms with Crippen molar-refractivity contribution in [2.24, 2.45) is 5.92 Å². The Balaban J connectivity index is 1.67. The van der Waals surface area contributed by atoms with Gasteiger partial charge in [-0.25, -0.2) is 0 Å². The number of carbonyl (C=O) groups is 2. The van der Waals surface area contributed by atoms with Crippen molar-refractivity contribution in [2.45, 2.75) is 45.7 Å². The molecule has 0 aliphatic carbocycles. The van der Waals surface area contributed by atoms with E-state index in [-0.39, 0.29) is 11.8 Å². The lowest BCUT2D eigenvalue weighted by Crippen LogP contribution is -2.50. The van der Waals surface area contributed by atoms with Gasteiger partial charge in [-0.3, -0.25) is 9.59 Å². The van der Waals surface area contributed by atoms with Crippen molar-refractivity contribution in [3.05, 3.63) is 71.3 Å². The largest absolute Gasteiger partial charge is 0.344 e. The Bertz CT molecular complexity index is 786. The maximum atomic E-state index is 13.1. The maximum absolute atomic E-state index is 13.1. The highest BCUT2D eigenvalue weighted by molar-refractivity contribution is 5.88. The molecule has 0 radical (unpaired) electrons. The molecular formula is C23H28N2O2. The van der Waals surface area contributed by atoms with Gasteiger partial charge in [0.2, 0.25) is 11.8 Å². The number of nitrogens with one attached hydrogen (secondary N) is 1. The van der Waals surface area contributed by atoms with E-state index in [1.807, 2.05) is 47.4 Å². The van der Waals surface area contributed by atoms with E-state index in [4.69, 9.17) is 0 Å². The van der Waals surface area contributed by atoms with Crippen LogP contribution in [0.4, 0.5) is 0 Å². The van der Waals surface area contributed by atoms with Gasteiger partial charge in [0.05, 0.1) is 6.42 Å². The molecule has 4 nitrogen and oxygen atoms in total. The van der Waals surface area contributed by atoms with Crippen molar-refractivity contribution in [3.8, 4) is 0 Å². The van der Waals surface area contributed by atoms with Gasteiger partial charge >= 0.3 is 0 Å². The molecule has 4 heteroatoms. The quantitative estimate of drug-likeness (QED) is 0.855. The topological polar surface area (TPSA) is 49.4 Å². The van der Waals surface area contributed by atoms with Crippen LogP contribution in [0.15, 0.2) is 54.6 Å². The molecule has 0 bridgehead atoms. The predicted octanol–water partition coefficient (Wildman–Crippen LogP) is 3.34. The van der Waals surface area contributed by atoms with E-state index in [2.05, 4.69) is 31.3 Å². The Kier molecular flexibility index (Phi) is 6.28. The molecule has 1 heterocycles. The van der Waals surface area contributed by atoms with Crippen molar-refractivity contribution in [3.63, 3.8) is 0 Å². The number of nitrogens with zero attached hydrogens (tertiary/aromatic N) is 1. The Hall–Kier alpha value is -2.62. The van der Waals surface area contributed by atoms with Crippen LogP contribution < -0.4 is 5.32 Å². The van der Waals surface area contributed by atoms with Gasteiger partial charge < -0.3 is 10.2 Å². The zero-order valence-corrected chi connectivity index (χ0v) is 16.2. The fourth-order valence-corrected chi connectivity index (χ4v) is 3.62. The van der Waals surface area contributed by atoms with Crippen molar-refractivity contribution < 1.29 is 9.59 Å². The molecule has 2 amide bonds. The van der Waals surface area contributed by atoms with Crippen LogP contribution >= 0.6 is 0 Å². The van der Waals surface area contributed by atoms with E-state index < -0.39 is 6.04 Å². The summed E-state index contributed by atoms with van der Waals surface area (Å²) in [6.45, 7) is 5.49. The molecule has 2 aromatic rings. The minimum absolute atomic E-state index is 0.0274. The van der Waals surface area contributed by atoms with Crippen LogP contribution in [-0.4, -0.2) is 29.3 Å². The Morgan fingerprint density at radius 1 is 1.00 bits per heavy atom. The van der Waals surface area contributed by atoms with Crippen LogP contribution in [0, 0.1) is 5.92 Å². The molecule has 1 aliphatic rings. The molecule has 0 aromatic heterocycles. The monoisotopic (exact) mass is 364 g/mol. The fraction of sp³-hybridized carbons (Fsp3) is 0.391. The highest BCUT2D eigenvalue weighted by Gasteiger charge is 2.28. The molecule has 1 N–H and O–H groups in total. The Morgan fingerprint density at radius 3 is 2.37 bits per heavy atom. The lowest BCUT2D eigenvalue weighted by molar-refractivity contribution is -0.137. The number of benzene rings is 2. The standard InChI is InChI=1S/C23H28N2O2/c1-17(2)14-21(24-22(26)15-18-8-4-3-5-9-18)23(27)25-13-12-19-10-6-7-11-20(19)16-25/h3-11,17,21H,12-16H2,1-2H3,(H,24,26)/t21-/m1/s1. The second-order valence-electron chi connectivity index (χ2n) is 7.69. The smallest absolute Gasteiger partial charge is 0.245 e. The predicted molar refractivity (Wildman–Crippen MR) is 107 cm³/mol. The summed E-state index contributed by atoms with van der Waals surface area (Å²) in [6, 6.07) is 17.4. The number of hydrogen-bond acceptors (Lipinski definition) is 2. The fourth-order valence-electron chi connectivity index (χ4n) is 3.62. The Morgan fingerprint density at radius 2 is 1.67 bits per heavy atom. The van der Waals surface area contributed by atoms with E-state index in [1.165, 1.54) is 11.1 Å². The maximum Gasteiger partial charge on any atom is 0.245 e. The molecule has 142 valence electrons. The first-order valence-corrected chi connectivity index (χ1v) is 9.72. The third kappa shape index (κ3) is 5.19. The minimum Gasteiger partial charge on any atom is -0.344 e. The average Bonchev–Trinajstić information content (AvgIpc) is 2.67. The van der Waals surface area contributed by atoms with Gasteiger partial charge in [0, 0.05) is 13.1 Å². The highest BCUT2D eigenvalue weighted by Crippen LogP contribution is 2.20. The van der Waals surface area contributed by atoms with Crippen LogP contribution in [0.1, 0.15) is 37.0 Å². The lowest BCUT2D eigenvalue weighted by Gasteiger charge is -2.32. The number of rotatable bonds is 6. The van der Waals surface area contributed by atoms with Crippen LogP contribution in [0.2, 0.25) is 0 Å². The summed E-state index contributed by atoms with van der Waals surface area (Å²) in [4.78, 5) is 27.5. The number of fused-ring (bicyclic) bond motifs is 1. The van der Waals surface area contributed by atoms with Crippen molar-refractivity contribution in [1.82, 2.24) is 10.2 Å². The SMILES string of the molecule is CC(C)C[C@@H](NC(=O)Cc1ccccc1)C(=O)N1CCc2ccccc2C1. The van der Waals surface area contributed by atoms with Gasteiger partial charge in [0.25, 0.3) is 0 Å². The minimum atomic E-state index is -0.466. The van der Waals surface area contributed by atoms with E-state index in [0.29, 0.717) is 31.8 Å². The van der Waals surface area contributed by atoms with E-state index >= 15 is 0 Å². The molecular weight excluding hydrogens is 336 g/mol. The first-order chi connectivity index (χ1) is 13.0. The average molecular weight is 364 g/mol. The van der Waals surface area contributed by atoms with Gasteiger partial charge in [-0.05, 0) is 35.4 Å². The molecule has 27 heavy (non-hydrogen) atoms. The number of carbonyl (C=O) groups excluding carboxylic acids is 2. The van der Waals surface area contributed by atoms with Crippen LogP contribution in [0.3, 0.4) is 0 Å². The molecule has 0 spiro atoms. The normalized spacial score (nSPS) is 14.6. The first kappa shape index (κ1) is 19.2. The van der Waals surface area contributed by atoms with E-state index in [0.717, 1.165) is 12.0 Å². The third-order valence-electron chi connectivity index (χ3n) is 4.99. The van der Waals surface area contributed by atoms with Gasteiger partial charge in [0.15, 0.2) is 0 Å². The van der Waals surface area contributed by atoms with Gasteiger partial charge in [-0.1, -0.05) is 68.4 Å². The molecule has 1 aliphatic heterocycles. The Labute approximate surface area is 161 Å². The molecule has 2 aromatic carbocycles. The van der Waals surface area contributed by atoms with Crippen LogP contribution in [0.5, 0.6) is 0 Å². The second kappa shape index (κ2) is 8.85. The first-order valence-electron chi connectivity index (χ1n) is 9.72. The molecule has 1 atom stereocenters. The molecule has 0 fully saturated rings. The third-order valence-corrected chi connectivity index (χ3v) is 4.99. The van der Waals surface area contributed by atoms with Crippen LogP contribution in [0.25, 0.3) is 0 Å². The summed E-state index contributed by atoms with van der Waals surface area (Å²) in [6.07, 6.45) is 1.82. The lowest BCUT2D eigenvalue weighted by atomic mass is 9.97. The molecule has 0 saturated heterocycles. The summed E-state index contributed by atoms with van der Waals surface area (Å²) in [7, 11) is 0. The number of hydrogen-bond donors (Lipinski definition) is 1. The van der Waals surface area contributed by atoms with Crippen molar-refractivity contribution in [1.29, 1.82) is 0 Å². The van der Waals surface area contributed by atoms with Crippen molar-refractivity contribution >= 4 is 11.8 Å².